The topological polar surface area (TPSA) is 62.2 Å². The van der Waals surface area contributed by atoms with Gasteiger partial charge in [-0.2, -0.15) is 0 Å². The lowest BCUT2D eigenvalue weighted by molar-refractivity contribution is -0.190. The molecule has 0 aromatic rings. The van der Waals surface area contributed by atoms with Crippen molar-refractivity contribution in [2.24, 2.45) is 11.3 Å². The average molecular weight is 320 g/mol. The van der Waals surface area contributed by atoms with Crippen LogP contribution in [0.5, 0.6) is 0 Å². The Morgan fingerprint density at radius 2 is 2.39 bits per heavy atom. The standard InChI is InChI=1S/C18H23NO4/c1-19-8-7-17-11-3-4-13(20)15(17)23-16-14(17)10(9-12(11)19)5-6-18(16,21)22-2/h3-5,11-13,15,20-21H,6-9H2,1-2H3/t11-,12+,13-,15-,17-,18?/m0/s1/i4D,13D,15D. The van der Waals surface area contributed by atoms with Crippen molar-refractivity contribution in [2.45, 2.75) is 43.3 Å². The smallest absolute Gasteiger partial charge is 0.228 e. The number of rotatable bonds is 1. The Bertz CT molecular complexity index is 808. The van der Waals surface area contributed by atoms with E-state index in [-0.39, 0.29) is 30.2 Å². The Kier molecular flexibility index (Phi) is 2.12. The highest BCUT2D eigenvalue weighted by Gasteiger charge is 2.67. The van der Waals surface area contributed by atoms with Crippen LogP contribution in [-0.2, 0) is 9.47 Å². The fourth-order valence-electron chi connectivity index (χ4n) is 5.19. The van der Waals surface area contributed by atoms with E-state index in [9.17, 15) is 10.2 Å². The molecule has 1 spiro atoms. The number of aliphatic hydroxyl groups is 2. The van der Waals surface area contributed by atoms with E-state index in [1.807, 2.05) is 13.1 Å². The normalized spacial score (nSPS) is 59.2. The van der Waals surface area contributed by atoms with E-state index in [2.05, 4.69) is 4.90 Å². The summed E-state index contributed by atoms with van der Waals surface area (Å²) in [5, 5.41) is 21.9. The van der Waals surface area contributed by atoms with Gasteiger partial charge in [-0.25, -0.2) is 0 Å². The van der Waals surface area contributed by atoms with Gasteiger partial charge in [0.2, 0.25) is 5.79 Å². The van der Waals surface area contributed by atoms with E-state index < -0.39 is 23.4 Å². The summed E-state index contributed by atoms with van der Waals surface area (Å²) in [7, 11) is 3.41. The minimum absolute atomic E-state index is 0.0663. The predicted octanol–water partition coefficient (Wildman–Crippen LogP) is 0.946. The molecule has 2 aliphatic heterocycles. The molecule has 6 atom stereocenters. The second-order valence-corrected chi connectivity index (χ2v) is 7.22. The summed E-state index contributed by atoms with van der Waals surface area (Å²) in [6, 6.07) is -0.252. The molecule has 5 nitrogen and oxygen atoms in total. The molecule has 1 saturated carbocycles. The third-order valence-corrected chi connectivity index (χ3v) is 6.37. The Labute approximate surface area is 140 Å². The van der Waals surface area contributed by atoms with Crippen LogP contribution in [0.4, 0.5) is 0 Å². The fraction of sp³-hybridized carbons (Fsp3) is 0.667. The van der Waals surface area contributed by atoms with Gasteiger partial charge in [-0.3, -0.25) is 0 Å². The number of hydrogen-bond donors (Lipinski definition) is 2. The van der Waals surface area contributed by atoms with Crippen LogP contribution < -0.4 is 0 Å². The second kappa shape index (κ2) is 4.28. The minimum atomic E-state index is -2.53. The first-order valence-electron chi connectivity index (χ1n) is 9.65. The summed E-state index contributed by atoms with van der Waals surface area (Å²) >= 11 is 0. The molecule has 124 valence electrons. The number of ether oxygens (including phenoxy) is 2. The highest BCUT2D eigenvalue weighted by Crippen LogP contribution is 2.65. The number of likely N-dealkylation sites (tertiary alicyclic amines) is 1. The van der Waals surface area contributed by atoms with Gasteiger partial charge in [0, 0.05) is 36.5 Å². The van der Waals surface area contributed by atoms with Crippen molar-refractivity contribution in [3.63, 3.8) is 0 Å². The van der Waals surface area contributed by atoms with Crippen LogP contribution in [0, 0.1) is 11.3 Å². The molecule has 5 aliphatic rings. The van der Waals surface area contributed by atoms with Gasteiger partial charge >= 0.3 is 0 Å². The summed E-state index contributed by atoms with van der Waals surface area (Å²) in [5.41, 5.74) is 0.741. The highest BCUT2D eigenvalue weighted by molar-refractivity contribution is 5.54. The Balaban J connectivity index is 1.84. The molecular formula is C18H23NO4. The van der Waals surface area contributed by atoms with Crippen molar-refractivity contribution in [1.82, 2.24) is 4.90 Å². The molecule has 1 unspecified atom stereocenters. The van der Waals surface area contributed by atoms with Crippen molar-refractivity contribution in [2.75, 3.05) is 20.7 Å². The maximum atomic E-state index is 11.0. The van der Waals surface area contributed by atoms with Gasteiger partial charge < -0.3 is 24.6 Å². The molecule has 2 fully saturated rings. The van der Waals surface area contributed by atoms with E-state index in [1.165, 1.54) is 7.11 Å². The molecule has 0 aromatic carbocycles. The lowest BCUT2D eigenvalue weighted by Gasteiger charge is -2.58. The molecular weight excluding hydrogens is 294 g/mol. The predicted molar refractivity (Wildman–Crippen MR) is 83.3 cm³/mol. The van der Waals surface area contributed by atoms with E-state index in [0.717, 1.165) is 12.0 Å². The monoisotopic (exact) mass is 320 g/mol. The van der Waals surface area contributed by atoms with Crippen LogP contribution >= 0.6 is 0 Å². The van der Waals surface area contributed by atoms with Crippen molar-refractivity contribution in [3.05, 3.63) is 35.1 Å². The largest absolute Gasteiger partial charge is 0.485 e. The average Bonchev–Trinajstić information content (AvgIpc) is 2.88. The van der Waals surface area contributed by atoms with E-state index in [1.54, 1.807) is 6.08 Å². The lowest BCUT2D eigenvalue weighted by Crippen LogP contribution is -2.62. The number of nitrogens with zero attached hydrogens (tertiary/aromatic N) is 1. The summed E-state index contributed by atoms with van der Waals surface area (Å²) in [6.07, 6.45) is 0.370. The van der Waals surface area contributed by atoms with Crippen molar-refractivity contribution in [1.29, 1.82) is 0 Å². The number of methoxy groups -OCH3 is 1. The summed E-state index contributed by atoms with van der Waals surface area (Å²) < 4.78 is 37.1. The van der Waals surface area contributed by atoms with Gasteiger partial charge in [0.05, 0.1) is 4.11 Å². The molecule has 1 saturated heterocycles. The van der Waals surface area contributed by atoms with Crippen molar-refractivity contribution >= 4 is 0 Å². The van der Waals surface area contributed by atoms with Crippen LogP contribution in [0.1, 0.15) is 23.4 Å². The molecule has 2 heterocycles. The third kappa shape index (κ3) is 1.48. The van der Waals surface area contributed by atoms with E-state index in [0.29, 0.717) is 18.5 Å². The SMILES string of the molecule is [2H]C1=C[C@H]2[C@H]3CC4=CCC(O)(OC)C5=C4[C@@]2(CCN3C)[C@@]([2H])(O5)[C@@]1([2H])O. The molecule has 3 aliphatic carbocycles. The van der Waals surface area contributed by atoms with E-state index >= 15 is 0 Å². The van der Waals surface area contributed by atoms with Crippen LogP contribution in [0.3, 0.4) is 0 Å². The zero-order valence-corrected chi connectivity index (χ0v) is 13.3. The Hall–Kier alpha value is -1.14. The molecule has 23 heavy (non-hydrogen) atoms. The Morgan fingerprint density at radius 3 is 3.17 bits per heavy atom. The summed E-state index contributed by atoms with van der Waals surface area (Å²) in [4.78, 5) is 2.22. The van der Waals surface area contributed by atoms with Gasteiger partial charge in [-0.15, -0.1) is 0 Å². The number of hydrogen-bond acceptors (Lipinski definition) is 5. The van der Waals surface area contributed by atoms with Crippen LogP contribution in [0.25, 0.3) is 0 Å². The summed E-state index contributed by atoms with van der Waals surface area (Å²) in [6.45, 7) is 0.692. The van der Waals surface area contributed by atoms with Gasteiger partial charge in [0.25, 0.3) is 0 Å². The molecule has 0 aromatic heterocycles. The zero-order chi connectivity index (χ0) is 18.7. The maximum absolute atomic E-state index is 11.0. The molecule has 0 amide bonds. The van der Waals surface area contributed by atoms with Gasteiger partial charge in [0.1, 0.15) is 12.2 Å². The van der Waals surface area contributed by atoms with Crippen LogP contribution in [0.2, 0.25) is 0 Å². The molecule has 5 rings (SSSR count). The van der Waals surface area contributed by atoms with Gasteiger partial charge in [-0.1, -0.05) is 18.2 Å². The highest BCUT2D eigenvalue weighted by atomic mass is 16.6. The molecule has 5 heteroatoms. The number of piperidine rings is 1. The van der Waals surface area contributed by atoms with Crippen LogP contribution in [-0.4, -0.2) is 59.8 Å². The quantitative estimate of drug-likeness (QED) is 0.556. The maximum Gasteiger partial charge on any atom is 0.228 e. The third-order valence-electron chi connectivity index (χ3n) is 6.37. The van der Waals surface area contributed by atoms with E-state index in [4.69, 9.17) is 13.6 Å². The first-order valence-corrected chi connectivity index (χ1v) is 8.15. The van der Waals surface area contributed by atoms with Gasteiger partial charge in [-0.05, 0) is 32.0 Å². The molecule has 2 N–H and O–H groups in total. The van der Waals surface area contributed by atoms with Gasteiger partial charge in [0.15, 0.2) is 5.76 Å². The van der Waals surface area contributed by atoms with Crippen molar-refractivity contribution < 1.29 is 23.8 Å². The summed E-state index contributed by atoms with van der Waals surface area (Å²) in [5.74, 6) is -1.80. The fourth-order valence-corrected chi connectivity index (χ4v) is 5.19. The zero-order valence-electron chi connectivity index (χ0n) is 16.3. The lowest BCUT2D eigenvalue weighted by atomic mass is 9.51. The minimum Gasteiger partial charge on any atom is -0.485 e. The second-order valence-electron chi connectivity index (χ2n) is 7.22. The van der Waals surface area contributed by atoms with Crippen LogP contribution in [0.15, 0.2) is 35.1 Å². The van der Waals surface area contributed by atoms with Crippen molar-refractivity contribution in [3.8, 4) is 0 Å². The molecule has 2 bridgehead atoms. The molecule has 0 radical (unpaired) electrons. The first-order chi connectivity index (χ1) is 12.1. The Morgan fingerprint density at radius 1 is 1.57 bits per heavy atom. The first kappa shape index (κ1) is 11.4.